The van der Waals surface area contributed by atoms with Gasteiger partial charge in [-0.2, -0.15) is 18.2 Å². The van der Waals surface area contributed by atoms with Crippen LogP contribution in [-0.4, -0.2) is 56.2 Å². The third-order valence-electron chi connectivity index (χ3n) is 6.88. The first-order valence-electron chi connectivity index (χ1n) is 11.3. The first-order valence-corrected chi connectivity index (χ1v) is 13.7. The third-order valence-corrected chi connectivity index (χ3v) is 9.40. The highest BCUT2D eigenvalue weighted by atomic mass is 32.2. The molecule has 1 unspecified atom stereocenters. The number of halogens is 5. The Balaban J connectivity index is 1.69. The molecule has 2 fully saturated rings. The Labute approximate surface area is 208 Å². The number of hydrogen-bond donors (Lipinski definition) is 1. The van der Waals surface area contributed by atoms with Crippen LogP contribution in [0.15, 0.2) is 34.0 Å². The van der Waals surface area contributed by atoms with Gasteiger partial charge in [-0.15, -0.1) is 11.8 Å². The summed E-state index contributed by atoms with van der Waals surface area (Å²) in [6.07, 6.45) is -4.86. The van der Waals surface area contributed by atoms with Crippen LogP contribution in [0.5, 0.6) is 0 Å². The molecule has 36 heavy (non-hydrogen) atoms. The van der Waals surface area contributed by atoms with Crippen LogP contribution in [0.4, 0.5) is 27.8 Å². The van der Waals surface area contributed by atoms with E-state index in [-0.39, 0.29) is 51.6 Å². The number of benzene rings is 2. The van der Waals surface area contributed by atoms with Crippen molar-refractivity contribution >= 4 is 39.3 Å². The van der Waals surface area contributed by atoms with Crippen LogP contribution < -0.4 is 15.9 Å². The van der Waals surface area contributed by atoms with Crippen LogP contribution in [-0.2, 0) is 23.5 Å². The standard InChI is InChI=1S/C23H19F5N4O2S2/c24-11-1-2-12(15(25)7-11)18-14(23(26,27)28)8-13-19-20(18)35-6-5-32(19)22(33)30-21(13)31-4-3-29-16-9-36(34)10-17(16)31/h1-2,7-8,16-17,29H,3-6,9-10H2/t16-,17+,36?/m0/s1. The summed E-state index contributed by atoms with van der Waals surface area (Å²) in [6, 6.07) is 2.96. The SMILES string of the molecule is O=c1nc(N2CCN[C@H]3CS(=O)C[C@H]32)c2cc(C(F)(F)F)c(-c3ccc(F)cc3F)c3c2n1CCS3. The number of nitrogens with zero attached hydrogens (tertiary/aromatic N) is 3. The zero-order valence-corrected chi connectivity index (χ0v) is 20.2. The minimum Gasteiger partial charge on any atom is -0.349 e. The van der Waals surface area contributed by atoms with Crippen molar-refractivity contribution in [3.8, 4) is 11.1 Å². The molecule has 190 valence electrons. The van der Waals surface area contributed by atoms with E-state index in [9.17, 15) is 31.0 Å². The van der Waals surface area contributed by atoms with Gasteiger partial charge in [-0.05, 0) is 18.2 Å². The second-order valence-corrected chi connectivity index (χ2v) is 11.6. The van der Waals surface area contributed by atoms with Gasteiger partial charge < -0.3 is 10.2 Å². The molecule has 6 nitrogen and oxygen atoms in total. The van der Waals surface area contributed by atoms with Crippen LogP contribution in [0.2, 0.25) is 0 Å². The lowest BCUT2D eigenvalue weighted by atomic mass is 9.95. The molecule has 1 N–H and O–H groups in total. The highest BCUT2D eigenvalue weighted by Crippen LogP contribution is 2.49. The molecule has 3 aliphatic rings. The maximum absolute atomic E-state index is 14.8. The molecular weight excluding hydrogens is 523 g/mol. The number of fused-ring (bicyclic) bond motifs is 1. The average Bonchev–Trinajstić information content (AvgIpc) is 3.21. The van der Waals surface area contributed by atoms with E-state index < -0.39 is 45.4 Å². The van der Waals surface area contributed by atoms with E-state index in [2.05, 4.69) is 10.3 Å². The number of thioether (sulfide) groups is 1. The zero-order valence-electron chi connectivity index (χ0n) is 18.6. The maximum atomic E-state index is 14.8. The highest BCUT2D eigenvalue weighted by Gasteiger charge is 2.42. The molecule has 3 aliphatic heterocycles. The summed E-state index contributed by atoms with van der Waals surface area (Å²) in [6.45, 7) is 1.11. The molecule has 2 saturated heterocycles. The fraction of sp³-hybridized carbons (Fsp3) is 0.391. The van der Waals surface area contributed by atoms with Crippen molar-refractivity contribution < 1.29 is 26.2 Å². The van der Waals surface area contributed by atoms with Gasteiger partial charge in [-0.25, -0.2) is 13.6 Å². The van der Waals surface area contributed by atoms with E-state index in [1.807, 2.05) is 0 Å². The van der Waals surface area contributed by atoms with Crippen molar-refractivity contribution in [2.75, 3.05) is 35.2 Å². The Morgan fingerprint density at radius 2 is 1.94 bits per heavy atom. The predicted octanol–water partition coefficient (Wildman–Crippen LogP) is 3.38. The van der Waals surface area contributed by atoms with E-state index in [1.54, 1.807) is 4.90 Å². The summed E-state index contributed by atoms with van der Waals surface area (Å²) in [5, 5.41) is 3.43. The molecule has 2 aromatic carbocycles. The van der Waals surface area contributed by atoms with Gasteiger partial charge >= 0.3 is 11.9 Å². The molecule has 0 radical (unpaired) electrons. The van der Waals surface area contributed by atoms with Crippen molar-refractivity contribution in [1.29, 1.82) is 0 Å². The van der Waals surface area contributed by atoms with Gasteiger partial charge in [-0.1, -0.05) is 0 Å². The van der Waals surface area contributed by atoms with Crippen molar-refractivity contribution in [2.24, 2.45) is 0 Å². The van der Waals surface area contributed by atoms with Crippen LogP contribution >= 0.6 is 11.8 Å². The van der Waals surface area contributed by atoms with Crippen LogP contribution in [0.1, 0.15) is 5.56 Å². The number of rotatable bonds is 2. The van der Waals surface area contributed by atoms with Gasteiger partial charge in [0.25, 0.3) is 0 Å². The summed E-state index contributed by atoms with van der Waals surface area (Å²) in [7, 11) is -1.10. The average molecular weight is 543 g/mol. The molecule has 0 spiro atoms. The van der Waals surface area contributed by atoms with Crippen LogP contribution in [0.3, 0.4) is 0 Å². The minimum atomic E-state index is -4.86. The zero-order chi connectivity index (χ0) is 25.4. The molecule has 3 atom stereocenters. The number of aromatic nitrogens is 2. The molecule has 1 aromatic heterocycles. The van der Waals surface area contributed by atoms with Crippen LogP contribution in [0, 0.1) is 11.6 Å². The molecular formula is C23H19F5N4O2S2. The lowest BCUT2D eigenvalue weighted by Crippen LogP contribution is -2.58. The molecule has 0 aliphatic carbocycles. The van der Waals surface area contributed by atoms with Crippen molar-refractivity contribution in [3.63, 3.8) is 0 Å². The number of nitrogens with one attached hydrogen (secondary N) is 1. The quantitative estimate of drug-likeness (QED) is 0.501. The maximum Gasteiger partial charge on any atom is 0.417 e. The molecule has 4 heterocycles. The van der Waals surface area contributed by atoms with Crippen molar-refractivity contribution in [2.45, 2.75) is 29.7 Å². The second-order valence-electron chi connectivity index (χ2n) is 8.96. The normalized spacial score (nSPS) is 23.8. The van der Waals surface area contributed by atoms with E-state index >= 15 is 0 Å². The topological polar surface area (TPSA) is 67.2 Å². The third kappa shape index (κ3) is 3.74. The Hall–Kier alpha value is -2.51. The lowest BCUT2D eigenvalue weighted by Gasteiger charge is -2.39. The summed E-state index contributed by atoms with van der Waals surface area (Å²) in [5.74, 6) is -0.893. The van der Waals surface area contributed by atoms with Gasteiger partial charge in [0.15, 0.2) is 0 Å². The minimum absolute atomic E-state index is 0.110. The van der Waals surface area contributed by atoms with Gasteiger partial charge in [0, 0.05) is 81.2 Å². The Morgan fingerprint density at radius 3 is 2.69 bits per heavy atom. The van der Waals surface area contributed by atoms with E-state index in [4.69, 9.17) is 0 Å². The fourth-order valence-electron chi connectivity index (χ4n) is 5.37. The van der Waals surface area contributed by atoms with E-state index in [0.717, 1.165) is 30.0 Å². The van der Waals surface area contributed by atoms with Crippen LogP contribution in [0.25, 0.3) is 22.0 Å². The molecule has 6 rings (SSSR count). The first kappa shape index (κ1) is 23.9. The predicted molar refractivity (Wildman–Crippen MR) is 128 cm³/mol. The molecule has 13 heteroatoms. The Morgan fingerprint density at radius 1 is 1.14 bits per heavy atom. The molecule has 0 amide bonds. The van der Waals surface area contributed by atoms with Gasteiger partial charge in [0.1, 0.15) is 17.5 Å². The summed E-state index contributed by atoms with van der Waals surface area (Å²) in [4.78, 5) is 19.2. The monoisotopic (exact) mass is 542 g/mol. The largest absolute Gasteiger partial charge is 0.417 e. The number of aryl methyl sites for hydroxylation is 1. The number of piperazine rings is 1. The smallest absolute Gasteiger partial charge is 0.349 e. The summed E-state index contributed by atoms with van der Waals surface area (Å²) < 4.78 is 85.4. The van der Waals surface area contributed by atoms with Gasteiger partial charge in [-0.3, -0.25) is 8.78 Å². The second kappa shape index (κ2) is 8.52. The van der Waals surface area contributed by atoms with Crippen molar-refractivity contribution in [1.82, 2.24) is 14.9 Å². The number of anilines is 1. The van der Waals surface area contributed by atoms with Gasteiger partial charge in [0.2, 0.25) is 0 Å². The summed E-state index contributed by atoms with van der Waals surface area (Å²) >= 11 is 1.10. The molecule has 3 aromatic rings. The molecule has 0 saturated carbocycles. The van der Waals surface area contributed by atoms with E-state index in [0.29, 0.717) is 30.7 Å². The summed E-state index contributed by atoms with van der Waals surface area (Å²) in [5.41, 5.74) is -2.25. The highest BCUT2D eigenvalue weighted by molar-refractivity contribution is 7.99. The lowest BCUT2D eigenvalue weighted by molar-refractivity contribution is -0.137. The molecule has 0 bridgehead atoms. The first-order chi connectivity index (χ1) is 17.1. The van der Waals surface area contributed by atoms with Gasteiger partial charge in [0.05, 0.1) is 17.1 Å². The van der Waals surface area contributed by atoms with E-state index in [1.165, 1.54) is 4.57 Å². The van der Waals surface area contributed by atoms with Crippen molar-refractivity contribution in [3.05, 3.63) is 51.9 Å². The fourth-order valence-corrected chi connectivity index (χ4v) is 8.24. The Bertz CT molecular complexity index is 1490. The number of hydrogen-bond acceptors (Lipinski definition) is 6. The number of alkyl halides is 3. The Kier molecular flexibility index (Phi) is 5.65.